The molecule has 2 saturated carbocycles. The smallest absolute Gasteiger partial charge is 0.243 e. The van der Waals surface area contributed by atoms with E-state index in [1.165, 1.54) is 6.42 Å². The zero-order chi connectivity index (χ0) is 30.0. The maximum atomic E-state index is 14.0. The van der Waals surface area contributed by atoms with Gasteiger partial charge in [0.2, 0.25) is 11.8 Å². The quantitative estimate of drug-likeness (QED) is 0.183. The van der Waals surface area contributed by atoms with E-state index in [0.29, 0.717) is 30.9 Å². The SMILES string of the molecule is O=C(NC(Cc1c[nH]cn1)C(=O)N[C@@H](CC1CCCCC1)[C@@H](O)[C@@H](O)C1CC1)C(Cc1ccccc1)Cc1ccccc1. The standard InChI is InChI=1S/C35H46N4O4/c40-32(27-16-17-27)33(41)30(20-26-14-8-3-9-15-26)38-35(43)31(21-29-22-36-23-37-29)39-34(42)28(18-24-10-4-1-5-11-24)19-25-12-6-2-7-13-25/h1-2,4-7,10-13,22-23,26-28,30-33,40-41H,3,8-9,14-21H2,(H,36,37)(H,38,43)(H,39,42)/t30-,31?,32-,33+/m0/s1. The molecule has 1 aromatic heterocycles. The monoisotopic (exact) mass is 586 g/mol. The molecule has 4 atom stereocenters. The predicted octanol–water partition coefficient (Wildman–Crippen LogP) is 4.13. The molecule has 8 heteroatoms. The zero-order valence-corrected chi connectivity index (χ0v) is 24.9. The minimum absolute atomic E-state index is 0.0806. The van der Waals surface area contributed by atoms with Crippen LogP contribution >= 0.6 is 0 Å². The summed E-state index contributed by atoms with van der Waals surface area (Å²) in [6.07, 6.45) is 10.7. The Morgan fingerprint density at radius 1 is 0.814 bits per heavy atom. The van der Waals surface area contributed by atoms with E-state index in [1.807, 2.05) is 60.7 Å². The van der Waals surface area contributed by atoms with Crippen LogP contribution in [-0.2, 0) is 28.9 Å². The number of amides is 2. The number of aromatic nitrogens is 2. The van der Waals surface area contributed by atoms with Gasteiger partial charge in [-0.1, -0.05) is 92.8 Å². The summed E-state index contributed by atoms with van der Waals surface area (Å²) in [4.78, 5) is 35.1. The van der Waals surface area contributed by atoms with Crippen LogP contribution in [0.3, 0.4) is 0 Å². The van der Waals surface area contributed by atoms with Crippen molar-refractivity contribution < 1.29 is 19.8 Å². The maximum absolute atomic E-state index is 14.0. The Bertz CT molecular complexity index is 1220. The molecule has 1 unspecified atom stereocenters. The van der Waals surface area contributed by atoms with Gasteiger partial charge in [0.05, 0.1) is 24.2 Å². The molecule has 2 aliphatic rings. The summed E-state index contributed by atoms with van der Waals surface area (Å²) in [6, 6.07) is 18.4. The molecule has 0 bridgehead atoms. The van der Waals surface area contributed by atoms with Crippen LogP contribution in [0.2, 0.25) is 0 Å². The van der Waals surface area contributed by atoms with Crippen molar-refractivity contribution in [2.45, 2.75) is 94.9 Å². The number of imidazole rings is 1. The van der Waals surface area contributed by atoms with E-state index in [-0.39, 0.29) is 30.1 Å². The Morgan fingerprint density at radius 2 is 1.44 bits per heavy atom. The third kappa shape index (κ3) is 9.25. The van der Waals surface area contributed by atoms with Gasteiger partial charge in [0, 0.05) is 18.5 Å². The second kappa shape index (κ2) is 15.3. The molecule has 3 aromatic rings. The summed E-state index contributed by atoms with van der Waals surface area (Å²) in [6.45, 7) is 0. The van der Waals surface area contributed by atoms with E-state index in [0.717, 1.165) is 49.7 Å². The van der Waals surface area contributed by atoms with Crippen molar-refractivity contribution >= 4 is 11.8 Å². The minimum atomic E-state index is -1.05. The van der Waals surface area contributed by atoms with E-state index in [9.17, 15) is 19.8 Å². The van der Waals surface area contributed by atoms with Crippen LogP contribution in [-0.4, -0.2) is 56.3 Å². The lowest BCUT2D eigenvalue weighted by Gasteiger charge is -2.33. The highest BCUT2D eigenvalue weighted by molar-refractivity contribution is 5.89. The Balaban J connectivity index is 1.34. The highest BCUT2D eigenvalue weighted by Crippen LogP contribution is 2.36. The second-order valence-electron chi connectivity index (χ2n) is 12.6. The molecule has 230 valence electrons. The fourth-order valence-electron chi connectivity index (χ4n) is 6.47. The van der Waals surface area contributed by atoms with Gasteiger partial charge >= 0.3 is 0 Å². The van der Waals surface area contributed by atoms with Gasteiger partial charge in [-0.15, -0.1) is 0 Å². The van der Waals surface area contributed by atoms with Crippen molar-refractivity contribution in [3.8, 4) is 0 Å². The molecule has 5 N–H and O–H groups in total. The average molecular weight is 587 g/mol. The number of nitrogens with one attached hydrogen (secondary N) is 3. The van der Waals surface area contributed by atoms with Crippen molar-refractivity contribution in [2.24, 2.45) is 17.8 Å². The first-order valence-electron chi connectivity index (χ1n) is 16.0. The van der Waals surface area contributed by atoms with E-state index in [1.54, 1.807) is 12.5 Å². The topological polar surface area (TPSA) is 127 Å². The maximum Gasteiger partial charge on any atom is 0.243 e. The number of benzene rings is 2. The van der Waals surface area contributed by atoms with E-state index < -0.39 is 24.3 Å². The number of carbonyl (C=O) groups excluding carboxylic acids is 2. The summed E-state index contributed by atoms with van der Waals surface area (Å²) in [5.74, 6) is -0.486. The molecule has 43 heavy (non-hydrogen) atoms. The molecule has 0 saturated heterocycles. The van der Waals surface area contributed by atoms with Gasteiger partial charge < -0.3 is 25.8 Å². The van der Waals surface area contributed by atoms with Crippen LogP contribution in [0, 0.1) is 17.8 Å². The number of rotatable bonds is 15. The van der Waals surface area contributed by atoms with E-state index in [4.69, 9.17) is 0 Å². The summed E-state index contributed by atoms with van der Waals surface area (Å²) < 4.78 is 0. The zero-order valence-electron chi connectivity index (χ0n) is 24.9. The molecule has 1 heterocycles. The fraction of sp³-hybridized carbons (Fsp3) is 0.514. The summed E-state index contributed by atoms with van der Waals surface area (Å²) in [7, 11) is 0. The van der Waals surface area contributed by atoms with Crippen LogP contribution in [0.15, 0.2) is 73.2 Å². The van der Waals surface area contributed by atoms with E-state index >= 15 is 0 Å². The Morgan fingerprint density at radius 3 is 2.00 bits per heavy atom. The number of hydrogen-bond donors (Lipinski definition) is 5. The summed E-state index contributed by atoms with van der Waals surface area (Å²) >= 11 is 0. The third-order valence-electron chi connectivity index (χ3n) is 9.13. The molecular formula is C35H46N4O4. The molecule has 2 aromatic carbocycles. The molecule has 0 aliphatic heterocycles. The molecule has 8 nitrogen and oxygen atoms in total. The lowest BCUT2D eigenvalue weighted by molar-refractivity contribution is -0.132. The van der Waals surface area contributed by atoms with Gasteiger partial charge in [0.25, 0.3) is 0 Å². The Kier molecular flexibility index (Phi) is 11.0. The highest BCUT2D eigenvalue weighted by atomic mass is 16.3. The van der Waals surface area contributed by atoms with Gasteiger partial charge in [-0.2, -0.15) is 0 Å². The number of nitrogens with zero attached hydrogens (tertiary/aromatic N) is 1. The van der Waals surface area contributed by atoms with Crippen LogP contribution in [0.5, 0.6) is 0 Å². The Labute approximate surface area is 254 Å². The third-order valence-corrected chi connectivity index (χ3v) is 9.13. The van der Waals surface area contributed by atoms with Crippen LogP contribution in [0.25, 0.3) is 0 Å². The van der Waals surface area contributed by atoms with Crippen molar-refractivity contribution in [3.63, 3.8) is 0 Å². The summed E-state index contributed by atoms with van der Waals surface area (Å²) in [5, 5.41) is 28.2. The molecule has 0 radical (unpaired) electrons. The normalized spacial score (nSPS) is 18.5. The Hall–Kier alpha value is -3.49. The van der Waals surface area contributed by atoms with Gasteiger partial charge in [-0.05, 0) is 55.1 Å². The largest absolute Gasteiger partial charge is 0.390 e. The van der Waals surface area contributed by atoms with Gasteiger partial charge in [0.1, 0.15) is 12.1 Å². The number of hydrogen-bond acceptors (Lipinski definition) is 5. The number of aliphatic hydroxyl groups excluding tert-OH is 2. The van der Waals surface area contributed by atoms with Crippen molar-refractivity contribution in [1.29, 1.82) is 0 Å². The molecule has 2 amide bonds. The second-order valence-corrected chi connectivity index (χ2v) is 12.6. The lowest BCUT2D eigenvalue weighted by Crippen LogP contribution is -2.56. The molecule has 2 fully saturated rings. The van der Waals surface area contributed by atoms with Crippen molar-refractivity contribution in [3.05, 3.63) is 90.0 Å². The number of carbonyl (C=O) groups is 2. The minimum Gasteiger partial charge on any atom is -0.390 e. The first-order chi connectivity index (χ1) is 21.0. The first kappa shape index (κ1) is 31.0. The van der Waals surface area contributed by atoms with E-state index in [2.05, 4.69) is 20.6 Å². The van der Waals surface area contributed by atoms with Gasteiger partial charge in [-0.3, -0.25) is 9.59 Å². The number of aromatic amines is 1. The first-order valence-corrected chi connectivity index (χ1v) is 16.0. The lowest BCUT2D eigenvalue weighted by atomic mass is 9.82. The predicted molar refractivity (Wildman–Crippen MR) is 166 cm³/mol. The summed E-state index contributed by atoms with van der Waals surface area (Å²) in [5.41, 5.74) is 2.76. The average Bonchev–Trinajstić information content (AvgIpc) is 3.76. The van der Waals surface area contributed by atoms with Gasteiger partial charge in [0.15, 0.2) is 0 Å². The molecular weight excluding hydrogens is 540 g/mol. The number of aliphatic hydroxyl groups is 2. The van der Waals surface area contributed by atoms with Gasteiger partial charge in [-0.25, -0.2) is 4.98 Å². The molecule has 2 aliphatic carbocycles. The fourth-order valence-corrected chi connectivity index (χ4v) is 6.47. The molecule has 5 rings (SSSR count). The van der Waals surface area contributed by atoms with Crippen molar-refractivity contribution in [1.82, 2.24) is 20.6 Å². The number of H-pyrrole nitrogens is 1. The van der Waals surface area contributed by atoms with Crippen LogP contribution < -0.4 is 10.6 Å². The van der Waals surface area contributed by atoms with Crippen LogP contribution in [0.4, 0.5) is 0 Å². The van der Waals surface area contributed by atoms with Crippen LogP contribution in [0.1, 0.15) is 68.2 Å². The van der Waals surface area contributed by atoms with Crippen molar-refractivity contribution in [2.75, 3.05) is 0 Å². The highest BCUT2D eigenvalue weighted by Gasteiger charge is 2.40. The molecule has 0 spiro atoms.